The number of alkyl halides is 1. The summed E-state index contributed by atoms with van der Waals surface area (Å²) in [6, 6.07) is 6.55. The van der Waals surface area contributed by atoms with Crippen LogP contribution < -0.4 is 0 Å². The van der Waals surface area contributed by atoms with Crippen LogP contribution in [0.4, 0.5) is 0 Å². The second kappa shape index (κ2) is 5.78. The summed E-state index contributed by atoms with van der Waals surface area (Å²) < 4.78 is 2.28. The fourth-order valence-corrected chi connectivity index (χ4v) is 3.90. The highest BCUT2D eigenvalue weighted by molar-refractivity contribution is 7.10. The molecule has 0 saturated heterocycles. The first-order valence-electron chi connectivity index (χ1n) is 7.09. The molecule has 21 heavy (non-hydrogen) atoms. The average Bonchev–Trinajstić information content (AvgIpc) is 3.07. The number of fused-ring (bicyclic) bond motifs is 1. The summed E-state index contributed by atoms with van der Waals surface area (Å²) in [4.78, 5) is 10.2. The quantitative estimate of drug-likeness (QED) is 0.631. The summed E-state index contributed by atoms with van der Waals surface area (Å²) in [5.41, 5.74) is 2.00. The van der Waals surface area contributed by atoms with Crippen molar-refractivity contribution in [2.75, 3.05) is 0 Å². The van der Waals surface area contributed by atoms with Gasteiger partial charge in [-0.15, -0.1) is 22.9 Å². The standard InChI is InChI=1S/C16H18ClN3S/c1-10(2)15(14-5-4-8-21-14)20-13-6-7-18-9-12(13)19-16(20)11(3)17/h4-11,15H,1-3H3. The molecule has 0 aromatic carbocycles. The van der Waals surface area contributed by atoms with Crippen LogP contribution in [0, 0.1) is 5.92 Å². The normalized spacial score (nSPS) is 14.7. The molecule has 0 bridgehead atoms. The molecule has 0 aliphatic carbocycles. The monoisotopic (exact) mass is 319 g/mol. The van der Waals surface area contributed by atoms with Gasteiger partial charge in [0.25, 0.3) is 0 Å². The Hall–Kier alpha value is -1.39. The van der Waals surface area contributed by atoms with Gasteiger partial charge in [0, 0.05) is 11.1 Å². The second-order valence-electron chi connectivity index (χ2n) is 5.52. The Bertz CT molecular complexity index is 731. The fraction of sp³-hybridized carbons (Fsp3) is 0.375. The molecule has 2 unspecified atom stereocenters. The Balaban J connectivity index is 2.28. The van der Waals surface area contributed by atoms with E-state index in [1.165, 1.54) is 4.88 Å². The lowest BCUT2D eigenvalue weighted by atomic mass is 10.0. The lowest BCUT2D eigenvalue weighted by Gasteiger charge is -2.25. The molecule has 0 radical (unpaired) electrons. The van der Waals surface area contributed by atoms with E-state index in [-0.39, 0.29) is 11.4 Å². The topological polar surface area (TPSA) is 30.7 Å². The smallest absolute Gasteiger partial charge is 0.128 e. The molecule has 3 rings (SSSR count). The number of thiophene rings is 1. The first-order chi connectivity index (χ1) is 10.1. The van der Waals surface area contributed by atoms with Crippen molar-refractivity contribution in [1.82, 2.24) is 14.5 Å². The number of hydrogen-bond donors (Lipinski definition) is 0. The summed E-state index contributed by atoms with van der Waals surface area (Å²) >= 11 is 8.17. The molecule has 0 saturated carbocycles. The van der Waals surface area contributed by atoms with Crippen molar-refractivity contribution < 1.29 is 0 Å². The SMILES string of the molecule is CC(Cl)c1nc2cnccc2n1C(c1cccs1)C(C)C. The van der Waals surface area contributed by atoms with Gasteiger partial charge in [-0.1, -0.05) is 19.9 Å². The van der Waals surface area contributed by atoms with Crippen molar-refractivity contribution in [3.8, 4) is 0 Å². The van der Waals surface area contributed by atoms with Crippen LogP contribution in [0.3, 0.4) is 0 Å². The van der Waals surface area contributed by atoms with Crippen LogP contribution in [0.15, 0.2) is 36.0 Å². The van der Waals surface area contributed by atoms with Crippen LogP contribution >= 0.6 is 22.9 Å². The second-order valence-corrected chi connectivity index (χ2v) is 7.16. The molecule has 0 spiro atoms. The van der Waals surface area contributed by atoms with Crippen molar-refractivity contribution in [1.29, 1.82) is 0 Å². The van der Waals surface area contributed by atoms with Crippen molar-refractivity contribution in [3.63, 3.8) is 0 Å². The predicted octanol–water partition coefficient (Wildman–Crippen LogP) is 5.04. The molecule has 3 aromatic heterocycles. The summed E-state index contributed by atoms with van der Waals surface area (Å²) in [6.07, 6.45) is 3.62. The van der Waals surface area contributed by atoms with E-state index in [0.29, 0.717) is 5.92 Å². The zero-order chi connectivity index (χ0) is 15.0. The van der Waals surface area contributed by atoms with Gasteiger partial charge in [-0.2, -0.15) is 0 Å². The molecule has 3 heterocycles. The van der Waals surface area contributed by atoms with Crippen LogP contribution in [-0.2, 0) is 0 Å². The van der Waals surface area contributed by atoms with Gasteiger partial charge in [-0.3, -0.25) is 4.98 Å². The van der Waals surface area contributed by atoms with Crippen LogP contribution in [-0.4, -0.2) is 14.5 Å². The third kappa shape index (κ3) is 2.58. The molecular weight excluding hydrogens is 302 g/mol. The van der Waals surface area contributed by atoms with E-state index in [1.54, 1.807) is 17.5 Å². The number of aromatic nitrogens is 3. The average molecular weight is 320 g/mol. The van der Waals surface area contributed by atoms with Crippen molar-refractivity contribution in [2.24, 2.45) is 5.92 Å². The number of rotatable bonds is 4. The Morgan fingerprint density at radius 3 is 2.67 bits per heavy atom. The maximum Gasteiger partial charge on any atom is 0.128 e. The molecule has 0 fully saturated rings. The zero-order valence-electron chi connectivity index (χ0n) is 12.3. The van der Waals surface area contributed by atoms with E-state index in [0.717, 1.165) is 16.9 Å². The minimum atomic E-state index is -0.140. The van der Waals surface area contributed by atoms with Gasteiger partial charge in [0.2, 0.25) is 0 Å². The molecule has 5 heteroatoms. The molecule has 0 aliphatic rings. The summed E-state index contributed by atoms with van der Waals surface area (Å²) in [7, 11) is 0. The predicted molar refractivity (Wildman–Crippen MR) is 89.1 cm³/mol. The van der Waals surface area contributed by atoms with Gasteiger partial charge in [-0.25, -0.2) is 4.98 Å². The third-order valence-electron chi connectivity index (χ3n) is 3.62. The number of pyridine rings is 1. The number of halogens is 1. The highest BCUT2D eigenvalue weighted by Gasteiger charge is 2.26. The lowest BCUT2D eigenvalue weighted by molar-refractivity contribution is 0.440. The van der Waals surface area contributed by atoms with Crippen molar-refractivity contribution in [3.05, 3.63) is 46.7 Å². The fourth-order valence-electron chi connectivity index (χ4n) is 2.76. The molecule has 110 valence electrons. The van der Waals surface area contributed by atoms with Gasteiger partial charge in [0.05, 0.1) is 23.1 Å². The molecule has 3 aromatic rings. The highest BCUT2D eigenvalue weighted by atomic mass is 35.5. The molecule has 0 amide bonds. The van der Waals surface area contributed by atoms with E-state index in [9.17, 15) is 0 Å². The maximum absolute atomic E-state index is 6.39. The van der Waals surface area contributed by atoms with Crippen LogP contribution in [0.1, 0.15) is 42.9 Å². The first kappa shape index (κ1) is 14.5. The Labute approximate surface area is 133 Å². The van der Waals surface area contributed by atoms with E-state index in [1.807, 2.05) is 19.2 Å². The molecular formula is C16H18ClN3S. The first-order valence-corrected chi connectivity index (χ1v) is 8.40. The third-order valence-corrected chi connectivity index (χ3v) is 4.76. The van der Waals surface area contributed by atoms with Gasteiger partial charge in [-0.05, 0) is 30.4 Å². The summed E-state index contributed by atoms with van der Waals surface area (Å²) in [5.74, 6) is 1.36. The lowest BCUT2D eigenvalue weighted by Crippen LogP contribution is -2.18. The van der Waals surface area contributed by atoms with Crippen molar-refractivity contribution >= 4 is 34.0 Å². The minimum Gasteiger partial charge on any atom is -0.318 e. The highest BCUT2D eigenvalue weighted by Crippen LogP contribution is 2.36. The number of hydrogen-bond acceptors (Lipinski definition) is 3. The van der Waals surface area contributed by atoms with Crippen molar-refractivity contribution in [2.45, 2.75) is 32.2 Å². The van der Waals surface area contributed by atoms with Crippen LogP contribution in [0.5, 0.6) is 0 Å². The Kier molecular flexibility index (Phi) is 4.00. The zero-order valence-corrected chi connectivity index (χ0v) is 13.9. The van der Waals surface area contributed by atoms with Gasteiger partial charge in [0.15, 0.2) is 0 Å². The largest absolute Gasteiger partial charge is 0.318 e. The van der Waals surface area contributed by atoms with E-state index in [4.69, 9.17) is 16.6 Å². The van der Waals surface area contributed by atoms with Gasteiger partial charge >= 0.3 is 0 Å². The van der Waals surface area contributed by atoms with Crippen LogP contribution in [0.25, 0.3) is 11.0 Å². The molecule has 3 nitrogen and oxygen atoms in total. The number of imidazole rings is 1. The Morgan fingerprint density at radius 2 is 2.05 bits per heavy atom. The van der Waals surface area contributed by atoms with E-state index in [2.05, 4.69) is 40.9 Å². The maximum atomic E-state index is 6.39. The Morgan fingerprint density at radius 1 is 1.24 bits per heavy atom. The van der Waals surface area contributed by atoms with Gasteiger partial charge < -0.3 is 4.57 Å². The number of nitrogens with zero attached hydrogens (tertiary/aromatic N) is 3. The minimum absolute atomic E-state index is 0.140. The summed E-state index contributed by atoms with van der Waals surface area (Å²) in [6.45, 7) is 6.44. The summed E-state index contributed by atoms with van der Waals surface area (Å²) in [5, 5.41) is 1.98. The molecule has 2 atom stereocenters. The van der Waals surface area contributed by atoms with Crippen LogP contribution in [0.2, 0.25) is 0 Å². The molecule has 0 N–H and O–H groups in total. The van der Waals surface area contributed by atoms with E-state index < -0.39 is 0 Å². The van der Waals surface area contributed by atoms with E-state index >= 15 is 0 Å². The van der Waals surface area contributed by atoms with Gasteiger partial charge in [0.1, 0.15) is 11.3 Å². The molecule has 0 aliphatic heterocycles.